The summed E-state index contributed by atoms with van der Waals surface area (Å²) >= 11 is 0. The fourth-order valence-corrected chi connectivity index (χ4v) is 5.05. The van der Waals surface area contributed by atoms with Crippen molar-refractivity contribution >= 4 is 35.2 Å². The number of hydrogen-bond donors (Lipinski definition) is 3. The number of aryl methyl sites for hydroxylation is 3. The summed E-state index contributed by atoms with van der Waals surface area (Å²) in [6.45, 7) is 5.67. The quantitative estimate of drug-likeness (QED) is 0.269. The molecule has 4 rings (SSSR count). The predicted molar refractivity (Wildman–Crippen MR) is 154 cm³/mol. The number of hydrogen-bond acceptors (Lipinski definition) is 6. The second-order valence-electron chi connectivity index (χ2n) is 10.3. The molecule has 1 heterocycles. The summed E-state index contributed by atoms with van der Waals surface area (Å²) in [4.78, 5) is 65.8. The van der Waals surface area contributed by atoms with Crippen molar-refractivity contribution in [2.24, 2.45) is 0 Å². The van der Waals surface area contributed by atoms with E-state index in [9.17, 15) is 34.4 Å². The molecule has 2 unspecified atom stereocenters. The molecule has 3 N–H and O–H groups in total. The summed E-state index contributed by atoms with van der Waals surface area (Å²) < 4.78 is 0. The van der Waals surface area contributed by atoms with Gasteiger partial charge in [-0.1, -0.05) is 35.9 Å². The van der Waals surface area contributed by atoms with Crippen LogP contribution in [0, 0.1) is 30.9 Å². The van der Waals surface area contributed by atoms with Gasteiger partial charge in [0.2, 0.25) is 0 Å². The zero-order valence-electron chi connectivity index (χ0n) is 23.4. The number of carbonyl (C=O) groups is 4. The van der Waals surface area contributed by atoms with Crippen molar-refractivity contribution in [1.29, 1.82) is 0 Å². The number of nitro benzene ring substituents is 1. The minimum Gasteiger partial charge on any atom is -0.481 e. The molecule has 0 saturated carbocycles. The van der Waals surface area contributed by atoms with Crippen molar-refractivity contribution in [3.8, 4) is 0 Å². The van der Waals surface area contributed by atoms with Gasteiger partial charge in [-0.25, -0.2) is 4.79 Å². The number of carboxylic acids is 1. The second kappa shape index (κ2) is 12.5. The van der Waals surface area contributed by atoms with Crippen LogP contribution in [0.25, 0.3) is 0 Å². The summed E-state index contributed by atoms with van der Waals surface area (Å²) in [5, 5.41) is 26.3. The first-order valence-corrected chi connectivity index (χ1v) is 13.2. The lowest BCUT2D eigenvalue weighted by molar-refractivity contribution is -0.384. The number of rotatable bonds is 8. The van der Waals surface area contributed by atoms with E-state index in [0.717, 1.165) is 16.7 Å². The molecule has 2 atom stereocenters. The highest BCUT2D eigenvalue weighted by molar-refractivity contribution is 6.01. The summed E-state index contributed by atoms with van der Waals surface area (Å²) in [6, 6.07) is 15.8. The maximum Gasteiger partial charge on any atom is 0.323 e. The molecule has 0 aliphatic carbocycles. The maximum atomic E-state index is 13.9. The summed E-state index contributed by atoms with van der Waals surface area (Å²) in [5.41, 5.74) is 3.43. The smallest absolute Gasteiger partial charge is 0.323 e. The topological polar surface area (TPSA) is 162 Å². The number of urea groups is 1. The van der Waals surface area contributed by atoms with E-state index in [0.29, 0.717) is 11.3 Å². The molecular weight excluding hydrogens is 542 g/mol. The van der Waals surface area contributed by atoms with Crippen LogP contribution < -0.4 is 10.6 Å². The molecule has 0 spiro atoms. The maximum absolute atomic E-state index is 13.9. The molecule has 3 aromatic carbocycles. The third-order valence-corrected chi connectivity index (χ3v) is 6.85. The van der Waals surface area contributed by atoms with Crippen molar-refractivity contribution in [1.82, 2.24) is 15.1 Å². The fourth-order valence-electron chi connectivity index (χ4n) is 5.05. The number of nitrogens with one attached hydrogen (secondary N) is 2. The van der Waals surface area contributed by atoms with Crippen LogP contribution in [0.5, 0.6) is 0 Å². The van der Waals surface area contributed by atoms with Gasteiger partial charge in [0.15, 0.2) is 6.17 Å². The first-order chi connectivity index (χ1) is 19.9. The van der Waals surface area contributed by atoms with E-state index in [1.165, 1.54) is 34.1 Å². The Morgan fingerprint density at radius 1 is 0.929 bits per heavy atom. The lowest BCUT2D eigenvalue weighted by Gasteiger charge is -2.31. The zero-order valence-corrected chi connectivity index (χ0v) is 23.4. The van der Waals surface area contributed by atoms with Crippen molar-refractivity contribution < 1.29 is 29.2 Å². The monoisotopic (exact) mass is 573 g/mol. The average molecular weight is 574 g/mol. The van der Waals surface area contributed by atoms with Crippen molar-refractivity contribution in [2.45, 2.75) is 39.4 Å². The Balaban J connectivity index is 1.68. The Kier molecular flexibility index (Phi) is 8.84. The largest absolute Gasteiger partial charge is 0.481 e. The molecule has 12 heteroatoms. The Morgan fingerprint density at radius 3 is 2.24 bits per heavy atom. The van der Waals surface area contributed by atoms with Gasteiger partial charge in [0.05, 0.1) is 17.4 Å². The number of anilines is 1. The molecular formula is C30H31N5O7. The van der Waals surface area contributed by atoms with E-state index < -0.39 is 47.4 Å². The molecule has 42 heavy (non-hydrogen) atoms. The van der Waals surface area contributed by atoms with Gasteiger partial charge in [-0.05, 0) is 61.7 Å². The van der Waals surface area contributed by atoms with E-state index >= 15 is 0 Å². The number of carbonyl (C=O) groups excluding carboxylic acids is 3. The highest BCUT2D eigenvalue weighted by atomic mass is 16.6. The van der Waals surface area contributed by atoms with E-state index in [-0.39, 0.29) is 24.3 Å². The van der Waals surface area contributed by atoms with Crippen LogP contribution in [-0.4, -0.2) is 62.9 Å². The predicted octanol–water partition coefficient (Wildman–Crippen LogP) is 4.17. The molecule has 1 aliphatic heterocycles. The third-order valence-electron chi connectivity index (χ3n) is 6.85. The molecule has 4 amide bonds. The number of carboxylic acid groups (broad SMARTS) is 1. The Bertz CT molecular complexity index is 1540. The molecule has 0 aromatic heterocycles. The second-order valence-corrected chi connectivity index (χ2v) is 10.3. The first kappa shape index (κ1) is 29.7. The normalized spacial score (nSPS) is 15.2. The van der Waals surface area contributed by atoms with Crippen molar-refractivity contribution in [2.75, 3.05) is 18.4 Å². The molecule has 1 fully saturated rings. The van der Waals surface area contributed by atoms with Gasteiger partial charge >= 0.3 is 12.0 Å². The van der Waals surface area contributed by atoms with Gasteiger partial charge in [0.1, 0.15) is 0 Å². The average Bonchev–Trinajstić information content (AvgIpc) is 3.37. The highest BCUT2D eigenvalue weighted by Gasteiger charge is 2.44. The number of nitrogens with zero attached hydrogens (tertiary/aromatic N) is 3. The van der Waals surface area contributed by atoms with E-state index in [4.69, 9.17) is 0 Å². The number of benzene rings is 3. The zero-order chi connectivity index (χ0) is 30.6. The molecule has 1 saturated heterocycles. The van der Waals surface area contributed by atoms with Gasteiger partial charge in [-0.2, -0.15) is 0 Å². The summed E-state index contributed by atoms with van der Waals surface area (Å²) in [6.07, 6.45) is -2.00. The summed E-state index contributed by atoms with van der Waals surface area (Å²) in [5.74, 6) is -2.54. The van der Waals surface area contributed by atoms with Crippen LogP contribution in [0.2, 0.25) is 0 Å². The number of amides is 4. The molecule has 3 aromatic rings. The van der Waals surface area contributed by atoms with Crippen LogP contribution in [0.4, 0.5) is 16.2 Å². The molecule has 1 aliphatic rings. The molecule has 0 bridgehead atoms. The van der Waals surface area contributed by atoms with Crippen LogP contribution in [0.1, 0.15) is 45.1 Å². The Labute approximate surface area is 242 Å². The number of nitro groups is 1. The minimum absolute atomic E-state index is 0.0344. The standard InChI is InChI=1S/C30H31N5O7/c1-18-6-4-8-22(13-18)29(39)33-10-11-34(30(40)31-23-14-19(2)12-20(3)15-23)28(33)27(38)32-25(17-26(36)37)21-7-5-9-24(16-21)35(41)42/h4-9,12-16,25,28H,10-11,17H2,1-3H3,(H,31,40)(H,32,38)(H,36,37). The van der Waals surface area contributed by atoms with Crippen LogP contribution in [0.15, 0.2) is 66.7 Å². The lowest BCUT2D eigenvalue weighted by Crippen LogP contribution is -2.55. The molecule has 218 valence electrons. The number of aliphatic carboxylic acids is 1. The van der Waals surface area contributed by atoms with Gasteiger partial charge in [0, 0.05) is 36.5 Å². The first-order valence-electron chi connectivity index (χ1n) is 13.2. The van der Waals surface area contributed by atoms with Gasteiger partial charge < -0.3 is 20.6 Å². The van der Waals surface area contributed by atoms with Gasteiger partial charge in [-0.3, -0.25) is 29.4 Å². The van der Waals surface area contributed by atoms with Crippen molar-refractivity contribution in [3.63, 3.8) is 0 Å². The molecule has 0 radical (unpaired) electrons. The van der Waals surface area contributed by atoms with Crippen molar-refractivity contribution in [3.05, 3.63) is 105 Å². The van der Waals surface area contributed by atoms with Crippen LogP contribution >= 0.6 is 0 Å². The highest BCUT2D eigenvalue weighted by Crippen LogP contribution is 2.25. The minimum atomic E-state index is -1.42. The third kappa shape index (κ3) is 6.89. The van der Waals surface area contributed by atoms with E-state index in [1.807, 2.05) is 32.9 Å². The van der Waals surface area contributed by atoms with Crippen LogP contribution in [-0.2, 0) is 9.59 Å². The van der Waals surface area contributed by atoms with Gasteiger partial charge in [0.25, 0.3) is 17.5 Å². The number of non-ortho nitro benzene ring substituents is 1. The van der Waals surface area contributed by atoms with E-state index in [1.54, 1.807) is 30.3 Å². The SMILES string of the molecule is Cc1cc(C)cc(NC(=O)N2CCN(C(=O)c3cccc(C)c3)C2C(=O)NC(CC(=O)O)c2cccc([N+](=O)[O-])c2)c1. The van der Waals surface area contributed by atoms with E-state index in [2.05, 4.69) is 10.6 Å². The Morgan fingerprint density at radius 2 is 1.60 bits per heavy atom. The lowest BCUT2D eigenvalue weighted by atomic mass is 10.0. The molecule has 12 nitrogen and oxygen atoms in total. The van der Waals surface area contributed by atoms with Crippen LogP contribution in [0.3, 0.4) is 0 Å². The summed E-state index contributed by atoms with van der Waals surface area (Å²) in [7, 11) is 0. The van der Waals surface area contributed by atoms with Gasteiger partial charge in [-0.15, -0.1) is 0 Å². The Hall–Kier alpha value is -5.26. The fraction of sp³-hybridized carbons (Fsp3) is 0.267.